The summed E-state index contributed by atoms with van der Waals surface area (Å²) < 4.78 is 10.1. The quantitative estimate of drug-likeness (QED) is 0.750. The molecular formula is C15H16N2O4. The predicted octanol–water partition coefficient (Wildman–Crippen LogP) is 2.24. The fraction of sp³-hybridized carbons (Fsp3) is 0.133. The molecule has 0 aliphatic heterocycles. The number of amides is 1. The first kappa shape index (κ1) is 14.5. The van der Waals surface area contributed by atoms with Crippen LogP contribution < -0.4 is 20.5 Å². The molecule has 0 aliphatic carbocycles. The number of carbonyl (C=O) groups is 1. The number of nitrogen functional groups attached to an aromatic ring is 1. The van der Waals surface area contributed by atoms with Crippen molar-refractivity contribution in [2.75, 3.05) is 25.3 Å². The van der Waals surface area contributed by atoms with E-state index in [1.165, 1.54) is 26.4 Å². The van der Waals surface area contributed by atoms with Crippen LogP contribution in [0.25, 0.3) is 0 Å². The van der Waals surface area contributed by atoms with Gasteiger partial charge in [0.25, 0.3) is 5.91 Å². The maximum absolute atomic E-state index is 12.2. The standard InChI is InChI=1S/C15H16N2O4/c1-20-10-4-5-11(13(18)8-10)15(19)17-12-6-3-9(16)7-14(12)21-2/h3-8,18H,16H2,1-2H3,(H,17,19). The molecule has 21 heavy (non-hydrogen) atoms. The van der Waals surface area contributed by atoms with Crippen LogP contribution in [0.15, 0.2) is 36.4 Å². The van der Waals surface area contributed by atoms with Crippen LogP contribution in [0.1, 0.15) is 10.4 Å². The molecule has 1 amide bonds. The highest BCUT2D eigenvalue weighted by atomic mass is 16.5. The number of hydrogen-bond acceptors (Lipinski definition) is 5. The molecule has 0 aromatic heterocycles. The molecule has 0 spiro atoms. The number of rotatable bonds is 4. The molecule has 0 saturated carbocycles. The highest BCUT2D eigenvalue weighted by Crippen LogP contribution is 2.29. The van der Waals surface area contributed by atoms with Crippen LogP contribution in [0.2, 0.25) is 0 Å². The number of hydrogen-bond donors (Lipinski definition) is 3. The maximum Gasteiger partial charge on any atom is 0.259 e. The molecule has 0 unspecified atom stereocenters. The van der Waals surface area contributed by atoms with Crippen molar-refractivity contribution in [2.24, 2.45) is 0 Å². The minimum atomic E-state index is -0.460. The number of ether oxygens (including phenoxy) is 2. The van der Waals surface area contributed by atoms with Gasteiger partial charge in [-0.2, -0.15) is 0 Å². The molecule has 2 aromatic carbocycles. The number of nitrogens with one attached hydrogen (secondary N) is 1. The van der Waals surface area contributed by atoms with Crippen molar-refractivity contribution in [3.63, 3.8) is 0 Å². The highest BCUT2D eigenvalue weighted by molar-refractivity contribution is 6.07. The summed E-state index contributed by atoms with van der Waals surface area (Å²) in [5, 5.41) is 12.5. The zero-order valence-corrected chi connectivity index (χ0v) is 11.7. The van der Waals surface area contributed by atoms with Crippen LogP contribution in [-0.2, 0) is 0 Å². The summed E-state index contributed by atoms with van der Waals surface area (Å²) in [5.74, 6) is 0.282. The fourth-order valence-corrected chi connectivity index (χ4v) is 1.83. The number of benzene rings is 2. The van der Waals surface area contributed by atoms with Gasteiger partial charge in [-0.15, -0.1) is 0 Å². The summed E-state index contributed by atoms with van der Waals surface area (Å²) >= 11 is 0. The lowest BCUT2D eigenvalue weighted by Gasteiger charge is -2.12. The normalized spacial score (nSPS) is 10.0. The monoisotopic (exact) mass is 288 g/mol. The molecule has 2 rings (SSSR count). The molecule has 6 heteroatoms. The van der Waals surface area contributed by atoms with Crippen LogP contribution in [0.5, 0.6) is 17.2 Å². The Balaban J connectivity index is 2.26. The summed E-state index contributed by atoms with van der Waals surface area (Å²) in [6, 6.07) is 9.32. The van der Waals surface area contributed by atoms with Crippen LogP contribution in [0.4, 0.5) is 11.4 Å². The summed E-state index contributed by atoms with van der Waals surface area (Å²) in [6.45, 7) is 0. The van der Waals surface area contributed by atoms with Gasteiger partial charge in [-0.05, 0) is 24.3 Å². The Bertz CT molecular complexity index is 671. The lowest BCUT2D eigenvalue weighted by atomic mass is 10.1. The fourth-order valence-electron chi connectivity index (χ4n) is 1.83. The van der Waals surface area contributed by atoms with Crippen molar-refractivity contribution in [2.45, 2.75) is 0 Å². The number of nitrogens with two attached hydrogens (primary N) is 1. The van der Waals surface area contributed by atoms with E-state index in [1.807, 2.05) is 0 Å². The van der Waals surface area contributed by atoms with Crippen LogP contribution in [0, 0.1) is 0 Å². The number of phenols is 1. The van der Waals surface area contributed by atoms with Gasteiger partial charge in [-0.3, -0.25) is 4.79 Å². The molecule has 0 radical (unpaired) electrons. The molecule has 0 bridgehead atoms. The van der Waals surface area contributed by atoms with Crippen molar-refractivity contribution in [1.29, 1.82) is 0 Å². The third-order valence-corrected chi connectivity index (χ3v) is 2.92. The van der Waals surface area contributed by atoms with Crippen molar-refractivity contribution in [1.82, 2.24) is 0 Å². The zero-order chi connectivity index (χ0) is 15.4. The van der Waals surface area contributed by atoms with Crippen molar-refractivity contribution >= 4 is 17.3 Å². The number of anilines is 2. The Kier molecular flexibility index (Phi) is 4.18. The minimum Gasteiger partial charge on any atom is -0.507 e. The van der Waals surface area contributed by atoms with E-state index in [4.69, 9.17) is 15.2 Å². The van der Waals surface area contributed by atoms with Crippen LogP contribution in [-0.4, -0.2) is 25.2 Å². The van der Waals surface area contributed by atoms with E-state index in [0.29, 0.717) is 22.9 Å². The summed E-state index contributed by atoms with van der Waals surface area (Å²) in [7, 11) is 2.96. The maximum atomic E-state index is 12.2. The number of methoxy groups -OCH3 is 2. The van der Waals surface area contributed by atoms with E-state index in [2.05, 4.69) is 5.32 Å². The third-order valence-electron chi connectivity index (χ3n) is 2.92. The molecule has 110 valence electrons. The van der Waals surface area contributed by atoms with E-state index in [9.17, 15) is 9.90 Å². The summed E-state index contributed by atoms with van der Waals surface area (Å²) in [5.41, 5.74) is 6.78. The van der Waals surface area contributed by atoms with E-state index >= 15 is 0 Å². The van der Waals surface area contributed by atoms with Gasteiger partial charge >= 0.3 is 0 Å². The Morgan fingerprint density at radius 2 is 1.90 bits per heavy atom. The average Bonchev–Trinajstić information content (AvgIpc) is 2.48. The first-order chi connectivity index (χ1) is 10.0. The molecule has 0 fully saturated rings. The molecule has 0 heterocycles. The van der Waals surface area contributed by atoms with E-state index < -0.39 is 5.91 Å². The predicted molar refractivity (Wildman–Crippen MR) is 80.0 cm³/mol. The van der Waals surface area contributed by atoms with Gasteiger partial charge in [0, 0.05) is 17.8 Å². The Labute approximate surface area is 122 Å². The van der Waals surface area contributed by atoms with Gasteiger partial charge < -0.3 is 25.6 Å². The molecule has 6 nitrogen and oxygen atoms in total. The minimum absolute atomic E-state index is 0.134. The first-order valence-corrected chi connectivity index (χ1v) is 6.17. The van der Waals surface area contributed by atoms with Crippen molar-refractivity contribution < 1.29 is 19.4 Å². The van der Waals surface area contributed by atoms with Crippen LogP contribution in [0.3, 0.4) is 0 Å². The molecule has 0 atom stereocenters. The number of phenolic OH excluding ortho intramolecular Hbond substituents is 1. The van der Waals surface area contributed by atoms with Crippen molar-refractivity contribution in [3.8, 4) is 17.2 Å². The molecule has 4 N–H and O–H groups in total. The first-order valence-electron chi connectivity index (χ1n) is 6.17. The Morgan fingerprint density at radius 3 is 2.52 bits per heavy atom. The highest BCUT2D eigenvalue weighted by Gasteiger charge is 2.14. The lowest BCUT2D eigenvalue weighted by Crippen LogP contribution is -2.13. The summed E-state index contributed by atoms with van der Waals surface area (Å²) in [6.07, 6.45) is 0. The van der Waals surface area contributed by atoms with Gasteiger partial charge in [0.15, 0.2) is 0 Å². The van der Waals surface area contributed by atoms with E-state index in [1.54, 1.807) is 24.3 Å². The van der Waals surface area contributed by atoms with Gasteiger partial charge in [-0.25, -0.2) is 0 Å². The van der Waals surface area contributed by atoms with Gasteiger partial charge in [0.1, 0.15) is 17.2 Å². The average molecular weight is 288 g/mol. The second-order valence-electron chi connectivity index (χ2n) is 4.30. The summed E-state index contributed by atoms with van der Waals surface area (Å²) in [4.78, 5) is 12.2. The molecule has 0 aliphatic rings. The van der Waals surface area contributed by atoms with E-state index in [0.717, 1.165) is 0 Å². The third kappa shape index (κ3) is 3.17. The lowest BCUT2D eigenvalue weighted by molar-refractivity contribution is 0.102. The van der Waals surface area contributed by atoms with Gasteiger partial charge in [-0.1, -0.05) is 0 Å². The number of carbonyl (C=O) groups excluding carboxylic acids is 1. The number of aromatic hydroxyl groups is 1. The van der Waals surface area contributed by atoms with Crippen LogP contribution >= 0.6 is 0 Å². The Morgan fingerprint density at radius 1 is 1.14 bits per heavy atom. The Hall–Kier alpha value is -2.89. The van der Waals surface area contributed by atoms with E-state index in [-0.39, 0.29) is 11.3 Å². The van der Waals surface area contributed by atoms with Gasteiger partial charge in [0.05, 0.1) is 25.5 Å². The van der Waals surface area contributed by atoms with Gasteiger partial charge in [0.2, 0.25) is 0 Å². The zero-order valence-electron chi connectivity index (χ0n) is 11.7. The van der Waals surface area contributed by atoms with Crippen molar-refractivity contribution in [3.05, 3.63) is 42.0 Å². The largest absolute Gasteiger partial charge is 0.507 e. The second-order valence-corrected chi connectivity index (χ2v) is 4.30. The molecule has 2 aromatic rings. The second kappa shape index (κ2) is 6.04. The topological polar surface area (TPSA) is 93.8 Å². The smallest absolute Gasteiger partial charge is 0.259 e. The molecule has 0 saturated heterocycles. The SMILES string of the molecule is COc1ccc(C(=O)Nc2ccc(N)cc2OC)c(O)c1. The molecular weight excluding hydrogens is 272 g/mol.